The van der Waals surface area contributed by atoms with E-state index in [0.717, 1.165) is 42.0 Å². The minimum atomic E-state index is 0. The molecule has 5 rings (SSSR count). The molecule has 6 nitrogen and oxygen atoms in total. The van der Waals surface area contributed by atoms with Crippen molar-refractivity contribution >= 4 is 18.2 Å². The third-order valence-electron chi connectivity index (χ3n) is 7.09. The van der Waals surface area contributed by atoms with Gasteiger partial charge in [0.05, 0.1) is 23.8 Å². The molecule has 7 heteroatoms. The molecule has 0 saturated heterocycles. The molecule has 1 heterocycles. The molecule has 0 bridgehead atoms. The zero-order valence-electron chi connectivity index (χ0n) is 23.1. The van der Waals surface area contributed by atoms with Gasteiger partial charge in [0.2, 0.25) is 0 Å². The molecule has 0 amide bonds. The van der Waals surface area contributed by atoms with Gasteiger partial charge >= 0.3 is 0 Å². The third-order valence-corrected chi connectivity index (χ3v) is 7.09. The van der Waals surface area contributed by atoms with E-state index in [2.05, 4.69) is 60.4 Å². The summed E-state index contributed by atoms with van der Waals surface area (Å²) in [6.45, 7) is 4.99. The summed E-state index contributed by atoms with van der Waals surface area (Å²) < 4.78 is 12.6. The van der Waals surface area contributed by atoms with Crippen LogP contribution in [0.15, 0.2) is 96.0 Å². The van der Waals surface area contributed by atoms with E-state index in [1.807, 2.05) is 42.5 Å². The van der Waals surface area contributed by atoms with Gasteiger partial charge < -0.3 is 19.5 Å². The molecule has 4 aromatic rings. The number of amidine groups is 1. The standard InChI is InChI=1S/C34H33N3O3.ClH/c1-25-29(12-6-13-31(25)28-10-3-2-4-11-28)24-39-30-14-15-32(34-36-16-7-17-37(34)18-19-38)33(21-30)40-23-27-9-5-8-26(20-27)22-35;/h2-6,8-15,20-21,38H,7,16-19,23-24H2,1H3;1H. The fourth-order valence-electron chi connectivity index (χ4n) is 4.97. The fourth-order valence-corrected chi connectivity index (χ4v) is 4.97. The Balaban J connectivity index is 0.00000387. The molecular weight excluding hydrogens is 534 g/mol. The van der Waals surface area contributed by atoms with E-state index in [-0.39, 0.29) is 19.0 Å². The first kappa shape index (κ1) is 29.7. The first-order valence-electron chi connectivity index (χ1n) is 13.6. The van der Waals surface area contributed by atoms with Crippen molar-refractivity contribution in [1.82, 2.24) is 4.90 Å². The highest BCUT2D eigenvalue weighted by Crippen LogP contribution is 2.31. The highest BCUT2D eigenvalue weighted by atomic mass is 35.5. The largest absolute Gasteiger partial charge is 0.489 e. The van der Waals surface area contributed by atoms with Crippen LogP contribution in [0.3, 0.4) is 0 Å². The van der Waals surface area contributed by atoms with Crippen LogP contribution in [-0.2, 0) is 13.2 Å². The van der Waals surface area contributed by atoms with Gasteiger partial charge in [-0.1, -0.05) is 60.7 Å². The van der Waals surface area contributed by atoms with E-state index in [1.165, 1.54) is 16.7 Å². The minimum Gasteiger partial charge on any atom is -0.489 e. The average molecular weight is 568 g/mol. The predicted octanol–water partition coefficient (Wildman–Crippen LogP) is 6.56. The summed E-state index contributed by atoms with van der Waals surface area (Å²) in [5, 5.41) is 18.9. The van der Waals surface area contributed by atoms with Crippen molar-refractivity contribution in [2.45, 2.75) is 26.6 Å². The number of hydrogen-bond acceptors (Lipinski definition) is 6. The maximum Gasteiger partial charge on any atom is 0.134 e. The number of rotatable bonds is 10. The second kappa shape index (κ2) is 14.4. The van der Waals surface area contributed by atoms with Gasteiger partial charge in [-0.25, -0.2) is 0 Å². The SMILES string of the molecule is Cc1c(COc2ccc(C3=NCCCN3CCO)c(OCc3cccc(C#N)c3)c2)cccc1-c1ccccc1.Cl. The van der Waals surface area contributed by atoms with Crippen LogP contribution in [0.5, 0.6) is 11.5 Å². The van der Waals surface area contributed by atoms with Gasteiger partial charge in [0.15, 0.2) is 0 Å². The molecular formula is C34H34ClN3O3. The van der Waals surface area contributed by atoms with Crippen molar-refractivity contribution < 1.29 is 14.6 Å². The summed E-state index contributed by atoms with van der Waals surface area (Å²) in [5.41, 5.74) is 7.05. The number of ether oxygens (including phenoxy) is 2. The van der Waals surface area contributed by atoms with Crippen LogP contribution in [0, 0.1) is 18.3 Å². The lowest BCUT2D eigenvalue weighted by atomic mass is 9.97. The molecule has 41 heavy (non-hydrogen) atoms. The van der Waals surface area contributed by atoms with Crippen LogP contribution < -0.4 is 9.47 Å². The van der Waals surface area contributed by atoms with E-state index >= 15 is 0 Å². The minimum absolute atomic E-state index is 0. The lowest BCUT2D eigenvalue weighted by Crippen LogP contribution is -2.38. The molecule has 0 spiro atoms. The number of β-amino-alcohol motifs (C(OH)–C–C–N with tert-alkyl or cyclic N) is 1. The van der Waals surface area contributed by atoms with Crippen LogP contribution in [0.4, 0.5) is 0 Å². The first-order chi connectivity index (χ1) is 19.7. The molecule has 0 fully saturated rings. The zero-order valence-corrected chi connectivity index (χ0v) is 23.9. The van der Waals surface area contributed by atoms with Gasteiger partial charge in [0, 0.05) is 25.7 Å². The van der Waals surface area contributed by atoms with E-state index in [4.69, 9.17) is 14.5 Å². The normalized spacial score (nSPS) is 12.6. The van der Waals surface area contributed by atoms with Crippen molar-refractivity contribution in [2.24, 2.45) is 4.99 Å². The smallest absolute Gasteiger partial charge is 0.134 e. The molecule has 0 unspecified atom stereocenters. The summed E-state index contributed by atoms with van der Waals surface area (Å²) in [5.74, 6) is 2.16. The topological polar surface area (TPSA) is 78.1 Å². The Kier molecular flexibility index (Phi) is 10.4. The molecule has 0 aliphatic carbocycles. The Hall–Kier alpha value is -4.31. The molecule has 4 aromatic carbocycles. The summed E-state index contributed by atoms with van der Waals surface area (Å²) in [6, 6.07) is 32.1. The van der Waals surface area contributed by atoms with Gasteiger partial charge in [0.1, 0.15) is 30.5 Å². The predicted molar refractivity (Wildman–Crippen MR) is 165 cm³/mol. The van der Waals surface area contributed by atoms with Gasteiger partial charge in [-0.2, -0.15) is 5.26 Å². The molecule has 0 saturated carbocycles. The molecule has 0 radical (unpaired) electrons. The Bertz CT molecular complexity index is 1530. The fraction of sp³-hybridized carbons (Fsp3) is 0.235. The van der Waals surface area contributed by atoms with Crippen molar-refractivity contribution in [3.63, 3.8) is 0 Å². The van der Waals surface area contributed by atoms with E-state index in [1.54, 1.807) is 6.07 Å². The maximum absolute atomic E-state index is 9.62. The number of nitrogens with zero attached hydrogens (tertiary/aromatic N) is 3. The molecule has 0 aromatic heterocycles. The first-order valence-corrected chi connectivity index (χ1v) is 13.6. The summed E-state index contributed by atoms with van der Waals surface area (Å²) in [6.07, 6.45) is 0.948. The summed E-state index contributed by atoms with van der Waals surface area (Å²) in [7, 11) is 0. The Morgan fingerprint density at radius 1 is 0.902 bits per heavy atom. The highest BCUT2D eigenvalue weighted by molar-refractivity contribution is 6.01. The molecule has 1 aliphatic heterocycles. The lowest BCUT2D eigenvalue weighted by molar-refractivity contribution is 0.244. The zero-order chi connectivity index (χ0) is 27.7. The second-order valence-corrected chi connectivity index (χ2v) is 9.77. The van der Waals surface area contributed by atoms with Crippen molar-refractivity contribution in [1.29, 1.82) is 5.26 Å². The van der Waals surface area contributed by atoms with Gasteiger partial charge in [0.25, 0.3) is 0 Å². The molecule has 1 N–H and O–H groups in total. The summed E-state index contributed by atoms with van der Waals surface area (Å²) >= 11 is 0. The summed E-state index contributed by atoms with van der Waals surface area (Å²) in [4.78, 5) is 6.88. The Morgan fingerprint density at radius 3 is 2.54 bits per heavy atom. The number of aliphatic hydroxyl groups excluding tert-OH is 1. The van der Waals surface area contributed by atoms with Crippen molar-refractivity contribution in [2.75, 3.05) is 26.2 Å². The van der Waals surface area contributed by atoms with Gasteiger partial charge in [-0.05, 0) is 65.4 Å². The lowest BCUT2D eigenvalue weighted by Gasteiger charge is -2.30. The van der Waals surface area contributed by atoms with Gasteiger partial charge in [-0.15, -0.1) is 12.4 Å². The van der Waals surface area contributed by atoms with Crippen LogP contribution >= 0.6 is 12.4 Å². The van der Waals surface area contributed by atoms with E-state index < -0.39 is 0 Å². The van der Waals surface area contributed by atoms with E-state index in [9.17, 15) is 10.4 Å². The van der Waals surface area contributed by atoms with E-state index in [0.29, 0.717) is 36.8 Å². The number of benzene rings is 4. The van der Waals surface area contributed by atoms with Crippen LogP contribution in [0.1, 0.15) is 34.2 Å². The monoisotopic (exact) mass is 567 g/mol. The number of aliphatic imine (C=N–C) groups is 1. The van der Waals surface area contributed by atoms with Crippen LogP contribution in [0.25, 0.3) is 11.1 Å². The van der Waals surface area contributed by atoms with Crippen molar-refractivity contribution in [3.8, 4) is 28.7 Å². The number of aliphatic hydroxyl groups is 1. The highest BCUT2D eigenvalue weighted by Gasteiger charge is 2.21. The number of hydrogen-bond donors (Lipinski definition) is 1. The van der Waals surface area contributed by atoms with Crippen LogP contribution in [0.2, 0.25) is 0 Å². The van der Waals surface area contributed by atoms with Crippen LogP contribution in [-0.4, -0.2) is 42.1 Å². The Labute approximate surface area is 247 Å². The quantitative estimate of drug-likeness (QED) is 0.235. The number of nitriles is 1. The van der Waals surface area contributed by atoms with Gasteiger partial charge in [-0.3, -0.25) is 4.99 Å². The number of halogens is 1. The Morgan fingerprint density at radius 2 is 1.73 bits per heavy atom. The molecule has 1 aliphatic rings. The maximum atomic E-state index is 9.62. The average Bonchev–Trinajstić information content (AvgIpc) is 3.00. The molecule has 210 valence electrons. The van der Waals surface area contributed by atoms with Crippen molar-refractivity contribution in [3.05, 3.63) is 119 Å². The molecule has 0 atom stereocenters. The second-order valence-electron chi connectivity index (χ2n) is 9.77. The third kappa shape index (κ3) is 7.26.